The van der Waals surface area contributed by atoms with Crippen molar-refractivity contribution in [3.63, 3.8) is 0 Å². The first kappa shape index (κ1) is 15.5. The quantitative estimate of drug-likeness (QED) is 0.764. The normalized spacial score (nSPS) is 22.1. The standard InChI is InChI=1S/C17H18ClN5O/c18-14-5-4-12(16-13(14)3-1-7-19-16)10-23-8-2-6-17(24,11-23)15-9-20-22-21-15/h1,3-5,7,9,24H,2,6,8,10-11H2,(H,20,21,22). The molecule has 0 amide bonds. The lowest BCUT2D eigenvalue weighted by Gasteiger charge is -2.38. The molecular weight excluding hydrogens is 326 g/mol. The largest absolute Gasteiger partial charge is 0.382 e. The van der Waals surface area contributed by atoms with Gasteiger partial charge in [-0.15, -0.1) is 0 Å². The van der Waals surface area contributed by atoms with Gasteiger partial charge in [-0.05, 0) is 43.1 Å². The van der Waals surface area contributed by atoms with Gasteiger partial charge in [0.15, 0.2) is 0 Å². The van der Waals surface area contributed by atoms with Gasteiger partial charge in [-0.3, -0.25) is 9.88 Å². The number of hydrogen-bond donors (Lipinski definition) is 2. The lowest BCUT2D eigenvalue weighted by Crippen LogP contribution is -2.45. The minimum atomic E-state index is -0.957. The maximum Gasteiger partial charge on any atom is 0.123 e. The fourth-order valence-electron chi connectivity index (χ4n) is 3.46. The number of fused-ring (bicyclic) bond motifs is 1. The number of β-amino-alcohol motifs (C(OH)–C–C–N with tert-alkyl or cyclic N) is 1. The van der Waals surface area contributed by atoms with Crippen molar-refractivity contribution in [2.75, 3.05) is 13.1 Å². The summed E-state index contributed by atoms with van der Waals surface area (Å²) in [5, 5.41) is 23.1. The second-order valence-corrected chi connectivity index (χ2v) is 6.71. The third kappa shape index (κ3) is 2.77. The molecular formula is C17H18ClN5O. The van der Waals surface area contributed by atoms with Crippen LogP contribution in [0.15, 0.2) is 36.7 Å². The van der Waals surface area contributed by atoms with Crippen LogP contribution >= 0.6 is 11.6 Å². The molecule has 1 aliphatic heterocycles. The van der Waals surface area contributed by atoms with Crippen molar-refractivity contribution < 1.29 is 5.11 Å². The Morgan fingerprint density at radius 1 is 1.33 bits per heavy atom. The topological polar surface area (TPSA) is 77.9 Å². The minimum absolute atomic E-state index is 0.524. The van der Waals surface area contributed by atoms with Crippen LogP contribution in [0.25, 0.3) is 10.9 Å². The fourth-order valence-corrected chi connectivity index (χ4v) is 3.67. The van der Waals surface area contributed by atoms with Crippen molar-refractivity contribution in [2.24, 2.45) is 0 Å². The van der Waals surface area contributed by atoms with Gasteiger partial charge in [-0.25, -0.2) is 0 Å². The molecule has 0 aliphatic carbocycles. The molecule has 7 heteroatoms. The summed E-state index contributed by atoms with van der Waals surface area (Å²) in [5.41, 5.74) is 1.67. The highest BCUT2D eigenvalue weighted by Gasteiger charge is 2.37. The molecule has 0 spiro atoms. The lowest BCUT2D eigenvalue weighted by atomic mass is 9.89. The number of nitrogens with zero attached hydrogens (tertiary/aromatic N) is 4. The van der Waals surface area contributed by atoms with Crippen LogP contribution in [0.5, 0.6) is 0 Å². The van der Waals surface area contributed by atoms with Gasteiger partial charge in [0.05, 0.1) is 11.7 Å². The van der Waals surface area contributed by atoms with Crippen molar-refractivity contribution in [3.8, 4) is 0 Å². The zero-order valence-corrected chi connectivity index (χ0v) is 13.9. The van der Waals surface area contributed by atoms with E-state index in [9.17, 15) is 5.11 Å². The van der Waals surface area contributed by atoms with Gasteiger partial charge in [0.25, 0.3) is 0 Å². The van der Waals surface area contributed by atoms with E-state index < -0.39 is 5.60 Å². The zero-order valence-electron chi connectivity index (χ0n) is 13.1. The number of pyridine rings is 1. The van der Waals surface area contributed by atoms with Crippen LogP contribution in [0.3, 0.4) is 0 Å². The summed E-state index contributed by atoms with van der Waals surface area (Å²) >= 11 is 6.27. The second kappa shape index (κ2) is 6.12. The van der Waals surface area contributed by atoms with Gasteiger partial charge in [0, 0.05) is 29.7 Å². The first-order valence-corrected chi connectivity index (χ1v) is 8.37. The molecule has 0 radical (unpaired) electrons. The van der Waals surface area contributed by atoms with E-state index in [0.29, 0.717) is 30.2 Å². The van der Waals surface area contributed by atoms with E-state index in [-0.39, 0.29) is 0 Å². The molecule has 0 saturated carbocycles. The second-order valence-electron chi connectivity index (χ2n) is 6.31. The smallest absolute Gasteiger partial charge is 0.123 e. The minimum Gasteiger partial charge on any atom is -0.382 e. The maximum absolute atomic E-state index is 10.9. The average molecular weight is 344 g/mol. The van der Waals surface area contributed by atoms with Crippen LogP contribution in [-0.2, 0) is 12.1 Å². The number of aromatic nitrogens is 4. The summed E-state index contributed by atoms with van der Waals surface area (Å²) < 4.78 is 0. The Labute approximate surface area is 144 Å². The number of hydrogen-bond acceptors (Lipinski definition) is 5. The number of aromatic amines is 1. The molecule has 0 bridgehead atoms. The Bertz CT molecular complexity index is 853. The van der Waals surface area contributed by atoms with Gasteiger partial charge in [0.2, 0.25) is 0 Å². The highest BCUT2D eigenvalue weighted by molar-refractivity contribution is 6.35. The summed E-state index contributed by atoms with van der Waals surface area (Å²) in [6.45, 7) is 2.17. The van der Waals surface area contributed by atoms with Crippen LogP contribution in [0.1, 0.15) is 24.1 Å². The maximum atomic E-state index is 10.9. The molecule has 1 fully saturated rings. The van der Waals surface area contributed by atoms with E-state index in [0.717, 1.165) is 29.4 Å². The summed E-state index contributed by atoms with van der Waals surface area (Å²) in [7, 11) is 0. The van der Waals surface area contributed by atoms with E-state index in [2.05, 4.69) is 25.3 Å². The number of likely N-dealkylation sites (tertiary alicyclic amines) is 1. The molecule has 1 aromatic carbocycles. The summed E-state index contributed by atoms with van der Waals surface area (Å²) in [6.07, 6.45) is 4.98. The highest BCUT2D eigenvalue weighted by Crippen LogP contribution is 2.32. The van der Waals surface area contributed by atoms with Crippen LogP contribution < -0.4 is 0 Å². The molecule has 2 N–H and O–H groups in total. The van der Waals surface area contributed by atoms with E-state index >= 15 is 0 Å². The molecule has 3 heterocycles. The Morgan fingerprint density at radius 2 is 2.25 bits per heavy atom. The first-order valence-electron chi connectivity index (χ1n) is 7.99. The Kier molecular flexibility index (Phi) is 3.96. The summed E-state index contributed by atoms with van der Waals surface area (Å²) in [5.74, 6) is 0. The van der Waals surface area contributed by atoms with E-state index in [1.54, 1.807) is 12.4 Å². The number of aliphatic hydroxyl groups is 1. The third-order valence-corrected chi connectivity index (χ3v) is 4.97. The van der Waals surface area contributed by atoms with Crippen molar-refractivity contribution >= 4 is 22.5 Å². The fraction of sp³-hybridized carbons (Fsp3) is 0.353. The van der Waals surface area contributed by atoms with Crippen LogP contribution in [-0.4, -0.2) is 43.5 Å². The molecule has 1 unspecified atom stereocenters. The SMILES string of the molecule is OC1(c2cn[nH]n2)CCCN(Cc2ccc(Cl)c3cccnc23)C1. The molecule has 6 nitrogen and oxygen atoms in total. The molecule has 1 saturated heterocycles. The monoisotopic (exact) mass is 343 g/mol. The van der Waals surface area contributed by atoms with Crippen molar-refractivity contribution in [2.45, 2.75) is 25.0 Å². The van der Waals surface area contributed by atoms with E-state index in [1.807, 2.05) is 24.3 Å². The van der Waals surface area contributed by atoms with Gasteiger partial charge >= 0.3 is 0 Å². The third-order valence-electron chi connectivity index (χ3n) is 4.64. The van der Waals surface area contributed by atoms with Crippen LogP contribution in [0, 0.1) is 0 Å². The lowest BCUT2D eigenvalue weighted by molar-refractivity contribution is -0.0413. The van der Waals surface area contributed by atoms with Crippen LogP contribution in [0.2, 0.25) is 5.02 Å². The Hall–Kier alpha value is -2.02. The number of nitrogens with one attached hydrogen (secondary N) is 1. The molecule has 4 rings (SSSR count). The summed E-state index contributed by atoms with van der Waals surface area (Å²) in [6, 6.07) is 7.80. The van der Waals surface area contributed by atoms with Crippen LogP contribution in [0.4, 0.5) is 0 Å². The molecule has 124 valence electrons. The number of H-pyrrole nitrogens is 1. The predicted octanol–water partition coefficient (Wildman–Crippen LogP) is 2.49. The average Bonchev–Trinajstić information content (AvgIpc) is 3.13. The molecule has 24 heavy (non-hydrogen) atoms. The molecule has 1 aliphatic rings. The van der Waals surface area contributed by atoms with Gasteiger partial charge in [0.1, 0.15) is 11.3 Å². The first-order chi connectivity index (χ1) is 11.7. The number of rotatable bonds is 3. The van der Waals surface area contributed by atoms with E-state index in [4.69, 9.17) is 11.6 Å². The number of halogens is 1. The van der Waals surface area contributed by atoms with Crippen molar-refractivity contribution in [1.29, 1.82) is 0 Å². The highest BCUT2D eigenvalue weighted by atomic mass is 35.5. The van der Waals surface area contributed by atoms with E-state index in [1.165, 1.54) is 0 Å². The van der Waals surface area contributed by atoms with Crippen molar-refractivity contribution in [1.82, 2.24) is 25.3 Å². The Morgan fingerprint density at radius 3 is 3.08 bits per heavy atom. The molecule has 2 aromatic heterocycles. The van der Waals surface area contributed by atoms with Gasteiger partial charge < -0.3 is 5.11 Å². The predicted molar refractivity (Wildman–Crippen MR) is 91.5 cm³/mol. The molecule has 3 aromatic rings. The number of piperidine rings is 1. The molecule has 1 atom stereocenters. The summed E-state index contributed by atoms with van der Waals surface area (Å²) in [4.78, 5) is 6.72. The number of benzene rings is 1. The Balaban J connectivity index is 1.61. The van der Waals surface area contributed by atoms with Crippen molar-refractivity contribution in [3.05, 3.63) is 52.9 Å². The zero-order chi connectivity index (χ0) is 16.6. The van der Waals surface area contributed by atoms with Gasteiger partial charge in [-0.2, -0.15) is 15.4 Å². The van der Waals surface area contributed by atoms with Gasteiger partial charge in [-0.1, -0.05) is 17.7 Å².